The molecule has 0 aliphatic carbocycles. The van der Waals surface area contributed by atoms with Crippen molar-refractivity contribution in [3.05, 3.63) is 0 Å². The molecule has 1 spiro atoms. The van der Waals surface area contributed by atoms with Crippen molar-refractivity contribution < 1.29 is 15.0 Å². The molecular weight excluding hydrogens is 188 g/mol. The van der Waals surface area contributed by atoms with Crippen LogP contribution in [0.5, 0.6) is 0 Å². The molecule has 0 bridgehead atoms. The Bertz CT molecular complexity index is 333. The van der Waals surface area contributed by atoms with E-state index in [1.54, 1.807) is 6.92 Å². The molecule has 2 saturated heterocycles. The summed E-state index contributed by atoms with van der Waals surface area (Å²) < 4.78 is 44.2. The third-order valence-electron chi connectivity index (χ3n) is 3.06. The van der Waals surface area contributed by atoms with Crippen LogP contribution in [0.15, 0.2) is 0 Å². The summed E-state index contributed by atoms with van der Waals surface area (Å²) in [6.45, 7) is 3.87. The van der Waals surface area contributed by atoms with Crippen LogP contribution in [0.2, 0.25) is 0 Å². The van der Waals surface area contributed by atoms with Gasteiger partial charge in [-0.3, -0.25) is 0 Å². The van der Waals surface area contributed by atoms with Gasteiger partial charge in [0.15, 0.2) is 5.79 Å². The van der Waals surface area contributed by atoms with Gasteiger partial charge >= 0.3 is 0 Å². The van der Waals surface area contributed by atoms with Crippen molar-refractivity contribution in [1.82, 2.24) is 0 Å². The Labute approximate surface area is 99.0 Å². The molecule has 0 aromatic rings. The van der Waals surface area contributed by atoms with Crippen LogP contribution in [0.25, 0.3) is 0 Å². The van der Waals surface area contributed by atoms with E-state index in [1.165, 1.54) is 0 Å². The molecule has 0 radical (unpaired) electrons. The maximum Gasteiger partial charge on any atom is 0.169 e. The number of ether oxygens (including phenoxy) is 2. The lowest BCUT2D eigenvalue weighted by Crippen LogP contribution is -2.47. The average molecular weight is 216 g/mol. The molecule has 88 valence electrons. The summed E-state index contributed by atoms with van der Waals surface area (Å²) in [4.78, 5) is 0. The van der Waals surface area contributed by atoms with Gasteiger partial charge in [0, 0.05) is 18.3 Å². The second-order valence-corrected chi connectivity index (χ2v) is 4.61. The summed E-state index contributed by atoms with van der Waals surface area (Å²) in [6.07, 6.45) is -0.274. The van der Waals surface area contributed by atoms with Crippen LogP contribution in [0, 0.1) is 0 Å². The van der Waals surface area contributed by atoms with Crippen LogP contribution >= 0.6 is 0 Å². The van der Waals surface area contributed by atoms with Crippen molar-refractivity contribution in [1.29, 1.82) is 0 Å². The Kier molecular flexibility index (Phi) is 2.35. The molecule has 2 fully saturated rings. The molecule has 0 saturated carbocycles. The molecule has 0 amide bonds. The standard InChI is InChI=1S/C13H24O2/c1-3-6-12-8-5-10-13(15-12)9-4-7-11(2)14-13/h11-12H,3-10H2,1-2H3/t11-,12-,13+/m0/s1/i4D2,9D2. The van der Waals surface area contributed by atoms with E-state index in [0.29, 0.717) is 6.42 Å². The van der Waals surface area contributed by atoms with Gasteiger partial charge in [-0.15, -0.1) is 0 Å². The Hall–Kier alpha value is -0.0800. The van der Waals surface area contributed by atoms with Gasteiger partial charge < -0.3 is 9.47 Å². The third-order valence-corrected chi connectivity index (χ3v) is 3.06. The van der Waals surface area contributed by atoms with Crippen molar-refractivity contribution in [3.63, 3.8) is 0 Å². The minimum atomic E-state index is -2.11. The highest BCUT2D eigenvalue weighted by Crippen LogP contribution is 2.39. The van der Waals surface area contributed by atoms with Crippen LogP contribution in [-0.4, -0.2) is 18.0 Å². The maximum absolute atomic E-state index is 8.23. The summed E-state index contributed by atoms with van der Waals surface area (Å²) in [5.74, 6) is -1.41. The van der Waals surface area contributed by atoms with Gasteiger partial charge in [0.05, 0.1) is 12.2 Å². The van der Waals surface area contributed by atoms with Gasteiger partial charge in [-0.1, -0.05) is 13.3 Å². The van der Waals surface area contributed by atoms with Crippen molar-refractivity contribution in [3.8, 4) is 0 Å². The Balaban J connectivity index is 2.28. The van der Waals surface area contributed by atoms with Crippen LogP contribution in [0.4, 0.5) is 0 Å². The smallest absolute Gasteiger partial charge is 0.169 e. The molecule has 2 heterocycles. The van der Waals surface area contributed by atoms with E-state index in [9.17, 15) is 0 Å². The molecule has 0 aromatic heterocycles. The number of hydrogen-bond acceptors (Lipinski definition) is 2. The van der Waals surface area contributed by atoms with Crippen LogP contribution in [0.3, 0.4) is 0 Å². The molecule has 15 heavy (non-hydrogen) atoms. The van der Waals surface area contributed by atoms with Gasteiger partial charge in [-0.25, -0.2) is 0 Å². The van der Waals surface area contributed by atoms with E-state index in [4.69, 9.17) is 15.0 Å². The highest BCUT2D eigenvalue weighted by molar-refractivity contribution is 4.82. The minimum Gasteiger partial charge on any atom is -0.347 e. The van der Waals surface area contributed by atoms with E-state index in [2.05, 4.69) is 6.92 Å². The molecule has 2 aliphatic rings. The van der Waals surface area contributed by atoms with E-state index in [1.807, 2.05) is 0 Å². The molecule has 2 rings (SSSR count). The highest BCUT2D eigenvalue weighted by Gasteiger charge is 2.41. The fourth-order valence-electron chi connectivity index (χ4n) is 2.38. The van der Waals surface area contributed by atoms with Gasteiger partial charge in [0.25, 0.3) is 0 Å². The van der Waals surface area contributed by atoms with Crippen molar-refractivity contribution in [2.75, 3.05) is 0 Å². The van der Waals surface area contributed by atoms with Gasteiger partial charge in [0.2, 0.25) is 0 Å². The molecule has 2 aliphatic heterocycles. The first-order valence-corrected chi connectivity index (χ1v) is 6.10. The van der Waals surface area contributed by atoms with Crippen molar-refractivity contribution in [2.45, 2.75) is 83.1 Å². The molecule has 0 N–H and O–H groups in total. The molecular formula is C13H24O2. The summed E-state index contributed by atoms with van der Waals surface area (Å²) in [7, 11) is 0. The van der Waals surface area contributed by atoms with E-state index < -0.39 is 18.5 Å². The van der Waals surface area contributed by atoms with Crippen LogP contribution < -0.4 is 0 Å². The topological polar surface area (TPSA) is 18.5 Å². The first kappa shape index (κ1) is 7.29. The zero-order valence-corrected chi connectivity index (χ0v) is 9.71. The quantitative estimate of drug-likeness (QED) is 0.701. The minimum absolute atomic E-state index is 0.0186. The highest BCUT2D eigenvalue weighted by atomic mass is 16.7. The van der Waals surface area contributed by atoms with E-state index >= 15 is 0 Å². The zero-order valence-electron chi connectivity index (χ0n) is 13.7. The zero-order chi connectivity index (χ0) is 14.3. The van der Waals surface area contributed by atoms with Crippen molar-refractivity contribution >= 4 is 0 Å². The van der Waals surface area contributed by atoms with Crippen LogP contribution in [0.1, 0.15) is 70.6 Å². The molecule has 2 nitrogen and oxygen atoms in total. The second-order valence-electron chi connectivity index (χ2n) is 4.61. The normalized spacial score (nSPS) is 52.7. The maximum atomic E-state index is 8.23. The molecule has 0 aromatic carbocycles. The number of rotatable bonds is 2. The largest absolute Gasteiger partial charge is 0.347 e. The fraction of sp³-hybridized carbons (Fsp3) is 1.00. The summed E-state index contributed by atoms with van der Waals surface area (Å²) >= 11 is 0. The van der Waals surface area contributed by atoms with E-state index in [0.717, 1.165) is 25.7 Å². The predicted molar refractivity (Wildman–Crippen MR) is 60.8 cm³/mol. The summed E-state index contributed by atoms with van der Waals surface area (Å²) in [6, 6.07) is 0. The summed E-state index contributed by atoms with van der Waals surface area (Å²) in [5, 5.41) is 0. The lowest BCUT2D eigenvalue weighted by atomic mass is 9.92. The monoisotopic (exact) mass is 216 g/mol. The van der Waals surface area contributed by atoms with Gasteiger partial charge in [-0.05, 0) is 39.0 Å². The first-order chi connectivity index (χ1) is 8.74. The number of hydrogen-bond donors (Lipinski definition) is 0. The van der Waals surface area contributed by atoms with Crippen molar-refractivity contribution in [2.24, 2.45) is 0 Å². The molecule has 2 heteroatoms. The fourth-order valence-corrected chi connectivity index (χ4v) is 2.38. The third kappa shape index (κ3) is 2.73. The summed E-state index contributed by atoms with van der Waals surface area (Å²) in [5.41, 5.74) is 0. The van der Waals surface area contributed by atoms with Gasteiger partial charge in [0.1, 0.15) is 0 Å². The molecule has 0 unspecified atom stereocenters. The Morgan fingerprint density at radius 3 is 3.07 bits per heavy atom. The molecule has 3 atom stereocenters. The van der Waals surface area contributed by atoms with Crippen LogP contribution in [-0.2, 0) is 9.47 Å². The van der Waals surface area contributed by atoms with E-state index in [-0.39, 0.29) is 18.6 Å². The second kappa shape index (κ2) is 4.84. The van der Waals surface area contributed by atoms with Gasteiger partial charge in [-0.2, -0.15) is 0 Å². The first-order valence-electron chi connectivity index (χ1n) is 8.10. The Morgan fingerprint density at radius 2 is 2.27 bits per heavy atom. The Morgan fingerprint density at radius 1 is 1.40 bits per heavy atom. The SMILES string of the molecule is [2H]C1([2H])C[C@H](C)O[C@]2(CCC[C@H](CCC)O2)C1([2H])[2H]. The average Bonchev–Trinajstić information content (AvgIpc) is 2.26. The predicted octanol–water partition coefficient (Wildman–Crippen LogP) is 3.64. The lowest BCUT2D eigenvalue weighted by Gasteiger charge is -2.45. The lowest BCUT2D eigenvalue weighted by molar-refractivity contribution is -0.312.